The van der Waals surface area contributed by atoms with Crippen molar-refractivity contribution in [2.75, 3.05) is 11.1 Å². The topological polar surface area (TPSA) is 58.3 Å². The van der Waals surface area contributed by atoms with Gasteiger partial charge in [-0.05, 0) is 31.4 Å². The summed E-state index contributed by atoms with van der Waals surface area (Å²) >= 11 is 0. The molecule has 3 heteroatoms. The first-order valence-electron chi connectivity index (χ1n) is 5.06. The zero-order valence-electron chi connectivity index (χ0n) is 8.11. The molecular formula is C11H16N2O. The van der Waals surface area contributed by atoms with Crippen LogP contribution in [-0.4, -0.2) is 17.3 Å². The molecule has 0 bridgehead atoms. The molecule has 14 heavy (non-hydrogen) atoms. The van der Waals surface area contributed by atoms with Crippen LogP contribution in [-0.2, 0) is 0 Å². The molecule has 1 saturated carbocycles. The molecule has 3 nitrogen and oxygen atoms in total. The van der Waals surface area contributed by atoms with Crippen molar-refractivity contribution >= 4 is 11.4 Å². The van der Waals surface area contributed by atoms with Gasteiger partial charge >= 0.3 is 0 Å². The van der Waals surface area contributed by atoms with E-state index in [9.17, 15) is 5.11 Å². The van der Waals surface area contributed by atoms with Crippen LogP contribution in [0.3, 0.4) is 0 Å². The van der Waals surface area contributed by atoms with Crippen LogP contribution >= 0.6 is 0 Å². The van der Waals surface area contributed by atoms with Gasteiger partial charge in [0.15, 0.2) is 0 Å². The van der Waals surface area contributed by atoms with Gasteiger partial charge < -0.3 is 16.2 Å². The molecular weight excluding hydrogens is 176 g/mol. The van der Waals surface area contributed by atoms with Gasteiger partial charge in [-0.2, -0.15) is 0 Å². The standard InChI is InChI=1S/C11H16N2O/c12-8-4-1-2-5-9(8)13-10-6-3-7-11(10)14/h1-2,4-5,10-11,13-14H,3,6-7,12H2. The van der Waals surface area contributed by atoms with Gasteiger partial charge in [0.2, 0.25) is 0 Å². The average Bonchev–Trinajstić information content (AvgIpc) is 2.56. The Hall–Kier alpha value is -1.22. The van der Waals surface area contributed by atoms with E-state index in [1.54, 1.807) is 0 Å². The predicted molar refractivity (Wildman–Crippen MR) is 58.1 cm³/mol. The molecule has 2 unspecified atom stereocenters. The normalized spacial score (nSPS) is 26.4. The molecule has 4 N–H and O–H groups in total. The van der Waals surface area contributed by atoms with E-state index in [2.05, 4.69) is 5.32 Å². The fraction of sp³-hybridized carbons (Fsp3) is 0.455. The lowest BCUT2D eigenvalue weighted by atomic mass is 10.2. The van der Waals surface area contributed by atoms with Gasteiger partial charge in [0, 0.05) is 0 Å². The summed E-state index contributed by atoms with van der Waals surface area (Å²) in [4.78, 5) is 0. The van der Waals surface area contributed by atoms with E-state index in [-0.39, 0.29) is 12.1 Å². The minimum atomic E-state index is -0.227. The minimum Gasteiger partial charge on any atom is -0.397 e. The Morgan fingerprint density at radius 2 is 2.07 bits per heavy atom. The van der Waals surface area contributed by atoms with Gasteiger partial charge in [-0.15, -0.1) is 0 Å². The van der Waals surface area contributed by atoms with Crippen LogP contribution in [0.4, 0.5) is 11.4 Å². The summed E-state index contributed by atoms with van der Waals surface area (Å²) in [5.41, 5.74) is 7.47. The highest BCUT2D eigenvalue weighted by molar-refractivity contribution is 5.66. The monoisotopic (exact) mass is 192 g/mol. The fourth-order valence-electron chi connectivity index (χ4n) is 1.94. The second kappa shape index (κ2) is 3.88. The number of rotatable bonds is 2. The van der Waals surface area contributed by atoms with E-state index < -0.39 is 0 Å². The van der Waals surface area contributed by atoms with Crippen molar-refractivity contribution in [3.8, 4) is 0 Å². The van der Waals surface area contributed by atoms with Crippen molar-refractivity contribution in [3.05, 3.63) is 24.3 Å². The predicted octanol–water partition coefficient (Wildman–Crippen LogP) is 1.59. The molecule has 0 saturated heterocycles. The third-order valence-electron chi connectivity index (χ3n) is 2.78. The number of aliphatic hydroxyl groups excluding tert-OH is 1. The molecule has 0 spiro atoms. The molecule has 0 aromatic heterocycles. The van der Waals surface area contributed by atoms with Crippen LogP contribution in [0.5, 0.6) is 0 Å². The van der Waals surface area contributed by atoms with Gasteiger partial charge in [-0.1, -0.05) is 12.1 Å². The molecule has 1 aliphatic rings. The molecule has 1 fully saturated rings. The zero-order valence-corrected chi connectivity index (χ0v) is 8.11. The number of nitrogens with two attached hydrogens (primary N) is 1. The molecule has 0 radical (unpaired) electrons. The summed E-state index contributed by atoms with van der Waals surface area (Å²) in [5.74, 6) is 0. The second-order valence-corrected chi connectivity index (χ2v) is 3.84. The van der Waals surface area contributed by atoms with E-state index in [0.717, 1.165) is 30.6 Å². The number of nitrogens with one attached hydrogen (secondary N) is 1. The molecule has 1 aromatic rings. The van der Waals surface area contributed by atoms with Gasteiger partial charge in [-0.3, -0.25) is 0 Å². The molecule has 0 amide bonds. The molecule has 2 atom stereocenters. The maximum absolute atomic E-state index is 9.64. The lowest BCUT2D eigenvalue weighted by molar-refractivity contribution is 0.172. The Morgan fingerprint density at radius 1 is 1.29 bits per heavy atom. The van der Waals surface area contributed by atoms with E-state index in [1.807, 2.05) is 24.3 Å². The molecule has 1 aliphatic carbocycles. The Balaban J connectivity index is 2.07. The Morgan fingerprint density at radius 3 is 2.71 bits per heavy atom. The van der Waals surface area contributed by atoms with Gasteiger partial charge in [-0.25, -0.2) is 0 Å². The number of hydrogen-bond donors (Lipinski definition) is 3. The van der Waals surface area contributed by atoms with Gasteiger partial charge in [0.25, 0.3) is 0 Å². The van der Waals surface area contributed by atoms with Crippen molar-refractivity contribution in [1.29, 1.82) is 0 Å². The first-order valence-corrected chi connectivity index (χ1v) is 5.06. The quantitative estimate of drug-likeness (QED) is 0.624. The molecule has 0 heterocycles. The Bertz CT molecular complexity index is 314. The van der Waals surface area contributed by atoms with Crippen molar-refractivity contribution in [2.24, 2.45) is 0 Å². The Kier molecular flexibility index (Phi) is 2.59. The van der Waals surface area contributed by atoms with Crippen LogP contribution < -0.4 is 11.1 Å². The summed E-state index contributed by atoms with van der Waals surface area (Å²) in [7, 11) is 0. The third kappa shape index (κ3) is 1.82. The lowest BCUT2D eigenvalue weighted by Crippen LogP contribution is -2.28. The first-order chi connectivity index (χ1) is 6.77. The number of hydrogen-bond acceptors (Lipinski definition) is 3. The SMILES string of the molecule is Nc1ccccc1NC1CCCC1O. The summed E-state index contributed by atoms with van der Waals surface area (Å²) in [6.07, 6.45) is 2.78. The highest BCUT2D eigenvalue weighted by atomic mass is 16.3. The van der Waals surface area contributed by atoms with Crippen LogP contribution in [0, 0.1) is 0 Å². The van der Waals surface area contributed by atoms with E-state index >= 15 is 0 Å². The second-order valence-electron chi connectivity index (χ2n) is 3.84. The molecule has 76 valence electrons. The first kappa shape index (κ1) is 9.34. The lowest BCUT2D eigenvalue weighted by Gasteiger charge is -2.18. The molecule has 2 rings (SSSR count). The van der Waals surface area contributed by atoms with Crippen LogP contribution in [0.1, 0.15) is 19.3 Å². The van der Waals surface area contributed by atoms with Gasteiger partial charge in [0.1, 0.15) is 0 Å². The number of nitrogen functional groups attached to an aromatic ring is 1. The van der Waals surface area contributed by atoms with E-state index in [1.165, 1.54) is 0 Å². The maximum Gasteiger partial charge on any atom is 0.0741 e. The summed E-state index contributed by atoms with van der Waals surface area (Å²) in [6, 6.07) is 7.83. The summed E-state index contributed by atoms with van der Waals surface area (Å²) < 4.78 is 0. The summed E-state index contributed by atoms with van der Waals surface area (Å²) in [6.45, 7) is 0. The third-order valence-corrected chi connectivity index (χ3v) is 2.78. The van der Waals surface area contributed by atoms with Crippen molar-refractivity contribution in [2.45, 2.75) is 31.4 Å². The number of benzene rings is 1. The summed E-state index contributed by atoms with van der Waals surface area (Å²) in [5, 5.41) is 12.9. The van der Waals surface area contributed by atoms with Crippen LogP contribution in [0.25, 0.3) is 0 Å². The maximum atomic E-state index is 9.64. The van der Waals surface area contributed by atoms with E-state index in [0.29, 0.717) is 0 Å². The van der Waals surface area contributed by atoms with Crippen molar-refractivity contribution in [3.63, 3.8) is 0 Å². The highest BCUT2D eigenvalue weighted by Gasteiger charge is 2.24. The number of aliphatic hydroxyl groups is 1. The van der Waals surface area contributed by atoms with Crippen LogP contribution in [0.15, 0.2) is 24.3 Å². The highest BCUT2D eigenvalue weighted by Crippen LogP contribution is 2.25. The average molecular weight is 192 g/mol. The molecule has 1 aromatic carbocycles. The number of anilines is 2. The zero-order chi connectivity index (χ0) is 9.97. The Labute approximate surface area is 83.9 Å². The van der Waals surface area contributed by atoms with Gasteiger partial charge in [0.05, 0.1) is 23.5 Å². The van der Waals surface area contributed by atoms with Crippen molar-refractivity contribution in [1.82, 2.24) is 0 Å². The smallest absolute Gasteiger partial charge is 0.0741 e. The van der Waals surface area contributed by atoms with Crippen molar-refractivity contribution < 1.29 is 5.11 Å². The fourth-order valence-corrected chi connectivity index (χ4v) is 1.94. The van der Waals surface area contributed by atoms with Crippen LogP contribution in [0.2, 0.25) is 0 Å². The largest absolute Gasteiger partial charge is 0.397 e. The van der Waals surface area contributed by atoms with E-state index in [4.69, 9.17) is 5.73 Å². The minimum absolute atomic E-state index is 0.166. The number of para-hydroxylation sites is 2. The molecule has 0 aliphatic heterocycles.